The van der Waals surface area contributed by atoms with E-state index in [0.29, 0.717) is 23.1 Å². The summed E-state index contributed by atoms with van der Waals surface area (Å²) < 4.78 is 1.11. The molecule has 9 heteroatoms. The van der Waals surface area contributed by atoms with Gasteiger partial charge in [-0.2, -0.15) is 15.0 Å². The van der Waals surface area contributed by atoms with Crippen molar-refractivity contribution >= 4 is 44.2 Å². The van der Waals surface area contributed by atoms with Crippen LogP contribution in [0, 0.1) is 11.8 Å². The Bertz CT molecular complexity index is 1270. The van der Waals surface area contributed by atoms with E-state index in [1.54, 1.807) is 23.7 Å². The van der Waals surface area contributed by atoms with Crippen molar-refractivity contribution in [1.29, 1.82) is 0 Å². The van der Waals surface area contributed by atoms with Gasteiger partial charge >= 0.3 is 0 Å². The molecule has 2 saturated heterocycles. The lowest BCUT2D eigenvalue weighted by Crippen LogP contribution is -2.54. The van der Waals surface area contributed by atoms with E-state index in [2.05, 4.69) is 15.1 Å². The number of carbonyl (C=O) groups is 1. The van der Waals surface area contributed by atoms with Gasteiger partial charge in [-0.25, -0.2) is 4.98 Å². The molecular formula is C23H21ClN6OS. The summed E-state index contributed by atoms with van der Waals surface area (Å²) in [5.41, 5.74) is 2.35. The van der Waals surface area contributed by atoms with Gasteiger partial charge in [-0.15, -0.1) is 0 Å². The monoisotopic (exact) mass is 464 g/mol. The Balaban J connectivity index is 1.22. The lowest BCUT2D eigenvalue weighted by Gasteiger charge is -2.45. The van der Waals surface area contributed by atoms with Crippen LogP contribution in [-0.2, 0) is 0 Å². The molecule has 162 valence electrons. The Morgan fingerprint density at radius 2 is 1.75 bits per heavy atom. The summed E-state index contributed by atoms with van der Waals surface area (Å²) in [6.07, 6.45) is 4.40. The number of fused-ring (bicyclic) bond motifs is 3. The average Bonchev–Trinajstić information content (AvgIpc) is 3.48. The molecule has 0 spiro atoms. The van der Waals surface area contributed by atoms with Gasteiger partial charge in [0.1, 0.15) is 0 Å². The van der Waals surface area contributed by atoms with E-state index >= 15 is 0 Å². The molecule has 0 N–H and O–H groups in total. The van der Waals surface area contributed by atoms with E-state index in [9.17, 15) is 4.79 Å². The molecule has 6 rings (SSSR count). The van der Waals surface area contributed by atoms with E-state index in [4.69, 9.17) is 16.6 Å². The SMILES string of the molecule is O=C(c1ccccc1-n1nccn1)N1CC2CC(C1)CN(c1nc3ccc(Cl)cc3s1)C2. The zero-order chi connectivity index (χ0) is 21.7. The summed E-state index contributed by atoms with van der Waals surface area (Å²) >= 11 is 7.84. The number of carbonyl (C=O) groups excluding carboxylic acids is 1. The second-order valence-corrected chi connectivity index (χ2v) is 9.97. The summed E-state index contributed by atoms with van der Waals surface area (Å²) in [6, 6.07) is 13.4. The minimum atomic E-state index is 0.0516. The van der Waals surface area contributed by atoms with Crippen LogP contribution in [0.2, 0.25) is 5.02 Å². The van der Waals surface area contributed by atoms with E-state index < -0.39 is 0 Å². The molecule has 0 aliphatic carbocycles. The van der Waals surface area contributed by atoms with Crippen LogP contribution in [0.5, 0.6) is 0 Å². The number of thiazole rings is 1. The zero-order valence-corrected chi connectivity index (χ0v) is 18.8. The maximum atomic E-state index is 13.5. The largest absolute Gasteiger partial charge is 0.347 e. The van der Waals surface area contributed by atoms with E-state index in [1.807, 2.05) is 47.4 Å². The third kappa shape index (κ3) is 3.53. The number of likely N-dealkylation sites (tertiary alicyclic amines) is 1. The molecule has 2 fully saturated rings. The first-order chi connectivity index (χ1) is 15.6. The van der Waals surface area contributed by atoms with Crippen LogP contribution in [0.25, 0.3) is 15.9 Å². The second kappa shape index (κ2) is 7.86. The lowest BCUT2D eigenvalue weighted by molar-refractivity contribution is 0.0564. The van der Waals surface area contributed by atoms with Crippen molar-refractivity contribution < 1.29 is 4.79 Å². The van der Waals surface area contributed by atoms with Gasteiger partial charge in [-0.3, -0.25) is 4.79 Å². The molecule has 7 nitrogen and oxygen atoms in total. The molecule has 2 atom stereocenters. The van der Waals surface area contributed by atoms with Gasteiger partial charge < -0.3 is 9.80 Å². The van der Waals surface area contributed by atoms with Gasteiger partial charge in [-0.05, 0) is 48.6 Å². The van der Waals surface area contributed by atoms with E-state index in [1.165, 1.54) is 4.80 Å². The molecule has 1 amide bonds. The molecule has 4 aromatic rings. The Morgan fingerprint density at radius 3 is 2.53 bits per heavy atom. The molecule has 0 radical (unpaired) electrons. The van der Waals surface area contributed by atoms with E-state index in [0.717, 1.165) is 53.0 Å². The molecule has 2 aromatic carbocycles. The summed E-state index contributed by atoms with van der Waals surface area (Å²) in [4.78, 5) is 24.2. The van der Waals surface area contributed by atoms with Crippen LogP contribution in [0.3, 0.4) is 0 Å². The smallest absolute Gasteiger partial charge is 0.256 e. The normalized spacial score (nSPS) is 20.7. The number of rotatable bonds is 3. The van der Waals surface area contributed by atoms with Gasteiger partial charge in [-0.1, -0.05) is 35.1 Å². The third-order valence-corrected chi connectivity index (χ3v) is 7.56. The molecule has 2 bridgehead atoms. The van der Waals surface area contributed by atoms with Gasteiger partial charge in [0, 0.05) is 31.2 Å². The molecule has 2 aromatic heterocycles. The van der Waals surface area contributed by atoms with Gasteiger partial charge in [0.05, 0.1) is 33.9 Å². The number of aromatic nitrogens is 4. The Labute approximate surface area is 194 Å². The lowest BCUT2D eigenvalue weighted by atomic mass is 9.84. The minimum absolute atomic E-state index is 0.0516. The van der Waals surface area contributed by atoms with Gasteiger partial charge in [0.25, 0.3) is 5.91 Å². The van der Waals surface area contributed by atoms with Crippen molar-refractivity contribution in [3.05, 3.63) is 65.4 Å². The molecule has 0 saturated carbocycles. The van der Waals surface area contributed by atoms with Crippen LogP contribution in [0.1, 0.15) is 16.8 Å². The van der Waals surface area contributed by atoms with Crippen molar-refractivity contribution in [3.63, 3.8) is 0 Å². The number of piperidine rings is 2. The van der Waals surface area contributed by atoms with Crippen molar-refractivity contribution in [3.8, 4) is 5.69 Å². The summed E-state index contributed by atoms with van der Waals surface area (Å²) in [6.45, 7) is 3.33. The number of anilines is 1. The van der Waals surface area contributed by atoms with Crippen LogP contribution in [0.4, 0.5) is 5.13 Å². The zero-order valence-electron chi connectivity index (χ0n) is 17.3. The topological polar surface area (TPSA) is 67.2 Å². The highest BCUT2D eigenvalue weighted by atomic mass is 35.5. The van der Waals surface area contributed by atoms with Crippen molar-refractivity contribution in [1.82, 2.24) is 24.9 Å². The quantitative estimate of drug-likeness (QED) is 0.456. The van der Waals surface area contributed by atoms with Crippen LogP contribution >= 0.6 is 22.9 Å². The number of hydrogen-bond acceptors (Lipinski definition) is 6. The highest BCUT2D eigenvalue weighted by Gasteiger charge is 2.37. The molecule has 32 heavy (non-hydrogen) atoms. The first kappa shape index (κ1) is 19.7. The fourth-order valence-electron chi connectivity index (χ4n) is 4.96. The van der Waals surface area contributed by atoms with Crippen molar-refractivity contribution in [2.45, 2.75) is 6.42 Å². The maximum absolute atomic E-state index is 13.5. The number of benzene rings is 2. The standard InChI is InChI=1S/C23H21ClN6OS/c24-17-5-6-19-21(10-17)32-23(27-19)29-13-15-9-16(14-29)12-28(11-15)22(31)18-3-1-2-4-20(18)30-25-7-8-26-30/h1-8,10,15-16H,9,11-14H2. The minimum Gasteiger partial charge on any atom is -0.347 e. The second-order valence-electron chi connectivity index (χ2n) is 8.53. The molecule has 2 aliphatic rings. The fourth-order valence-corrected chi connectivity index (χ4v) is 6.22. The number of halogens is 1. The van der Waals surface area contributed by atoms with E-state index in [-0.39, 0.29) is 5.91 Å². The summed E-state index contributed by atoms with van der Waals surface area (Å²) in [5, 5.41) is 10.2. The highest BCUT2D eigenvalue weighted by molar-refractivity contribution is 7.22. The Morgan fingerprint density at radius 1 is 1.00 bits per heavy atom. The number of hydrogen-bond donors (Lipinski definition) is 0. The summed E-state index contributed by atoms with van der Waals surface area (Å²) in [7, 11) is 0. The van der Waals surface area contributed by atoms with Gasteiger partial charge in [0.15, 0.2) is 5.13 Å². The molecule has 2 aliphatic heterocycles. The number of amides is 1. The van der Waals surface area contributed by atoms with Crippen LogP contribution < -0.4 is 4.90 Å². The Hall–Kier alpha value is -2.97. The predicted molar refractivity (Wildman–Crippen MR) is 126 cm³/mol. The average molecular weight is 465 g/mol. The van der Waals surface area contributed by atoms with Gasteiger partial charge in [0.2, 0.25) is 0 Å². The molecular weight excluding hydrogens is 444 g/mol. The third-order valence-electron chi connectivity index (χ3n) is 6.25. The number of para-hydroxylation sites is 1. The highest BCUT2D eigenvalue weighted by Crippen LogP contribution is 2.36. The molecule has 4 heterocycles. The first-order valence-electron chi connectivity index (χ1n) is 10.7. The fraction of sp³-hybridized carbons (Fsp3) is 0.304. The summed E-state index contributed by atoms with van der Waals surface area (Å²) in [5.74, 6) is 0.907. The first-order valence-corrected chi connectivity index (χ1v) is 11.9. The Kier molecular flexibility index (Phi) is 4.84. The molecule has 2 unspecified atom stereocenters. The maximum Gasteiger partial charge on any atom is 0.256 e. The van der Waals surface area contributed by atoms with Crippen molar-refractivity contribution in [2.24, 2.45) is 11.8 Å². The van der Waals surface area contributed by atoms with Crippen molar-refractivity contribution in [2.75, 3.05) is 31.1 Å². The number of nitrogens with zero attached hydrogens (tertiary/aromatic N) is 6. The van der Waals surface area contributed by atoms with Crippen LogP contribution in [-0.4, -0.2) is 57.0 Å². The van der Waals surface area contributed by atoms with Crippen LogP contribution in [0.15, 0.2) is 54.9 Å². The predicted octanol–water partition coefficient (Wildman–Crippen LogP) is 4.13.